The molecule has 1 aromatic carbocycles. The molecule has 41 heavy (non-hydrogen) atoms. The summed E-state index contributed by atoms with van der Waals surface area (Å²) in [5.74, 6) is 5.82. The van der Waals surface area contributed by atoms with E-state index in [-0.39, 0.29) is 12.0 Å². The Hall–Kier alpha value is -2.18. The number of allylic oxidation sites excluding steroid dienone is 1. The molecule has 2 heterocycles. The summed E-state index contributed by atoms with van der Waals surface area (Å²) < 4.78 is 18.3. The molecular formula is C35H48N2O4. The molecule has 4 fully saturated rings. The largest absolute Gasteiger partial charge is 0.497 e. The molecule has 1 aromatic heterocycles. The Kier molecular flexibility index (Phi) is 6.89. The van der Waals surface area contributed by atoms with E-state index >= 15 is 0 Å². The van der Waals surface area contributed by atoms with Gasteiger partial charge in [-0.05, 0) is 122 Å². The van der Waals surface area contributed by atoms with Gasteiger partial charge in [0.15, 0.2) is 0 Å². The van der Waals surface area contributed by atoms with E-state index in [1.165, 1.54) is 25.7 Å². The average molecular weight is 561 g/mol. The monoisotopic (exact) mass is 560 g/mol. The van der Waals surface area contributed by atoms with Crippen molar-refractivity contribution in [2.75, 3.05) is 7.11 Å². The summed E-state index contributed by atoms with van der Waals surface area (Å²) in [7, 11) is 1.67. The maximum Gasteiger partial charge on any atom is 0.247 e. The fourth-order valence-corrected chi connectivity index (χ4v) is 10.5. The lowest BCUT2D eigenvalue weighted by Crippen LogP contribution is -2.51. The molecule has 1 saturated heterocycles. The summed E-state index contributed by atoms with van der Waals surface area (Å²) in [6.45, 7) is 9.81. The molecule has 0 bridgehead atoms. The zero-order valence-electron chi connectivity index (χ0n) is 25.5. The van der Waals surface area contributed by atoms with Gasteiger partial charge in [0.25, 0.3) is 0 Å². The minimum atomic E-state index is -0.130. The summed E-state index contributed by atoms with van der Waals surface area (Å²) in [4.78, 5) is 0. The van der Waals surface area contributed by atoms with Crippen molar-refractivity contribution in [1.82, 2.24) is 10.2 Å². The van der Waals surface area contributed by atoms with Gasteiger partial charge in [0.1, 0.15) is 5.75 Å². The minimum Gasteiger partial charge on any atom is -0.497 e. The molecule has 11 atom stereocenters. The Labute approximate surface area is 245 Å². The number of aromatic nitrogens is 2. The summed E-state index contributed by atoms with van der Waals surface area (Å²) >= 11 is 0. The van der Waals surface area contributed by atoms with Crippen molar-refractivity contribution in [3.63, 3.8) is 0 Å². The van der Waals surface area contributed by atoms with E-state index in [0.717, 1.165) is 61.2 Å². The molecule has 4 aliphatic carbocycles. The van der Waals surface area contributed by atoms with Crippen molar-refractivity contribution in [2.24, 2.45) is 40.4 Å². The van der Waals surface area contributed by atoms with Crippen LogP contribution in [-0.4, -0.2) is 40.7 Å². The molecule has 0 spiro atoms. The van der Waals surface area contributed by atoms with Gasteiger partial charge in [-0.25, -0.2) is 0 Å². The van der Waals surface area contributed by atoms with Gasteiger partial charge in [-0.2, -0.15) is 0 Å². The van der Waals surface area contributed by atoms with E-state index < -0.39 is 0 Å². The SMILES string of the molecule is COc1ccc(-c2nnc([C@H](C)CC[C@H]3O[C@H]4C[C@H]5[C@@H]6CC=C7C[C@@H](O)CC[C@]7(C)[C@H]6CC[C@]5(C)[C@H]4[C@@H]3C)o2)cc1. The third-order valence-electron chi connectivity index (χ3n) is 12.7. The van der Waals surface area contributed by atoms with E-state index in [2.05, 4.69) is 44.0 Å². The Morgan fingerprint density at radius 3 is 2.68 bits per heavy atom. The van der Waals surface area contributed by atoms with Crippen LogP contribution in [-0.2, 0) is 4.74 Å². The number of rotatable bonds is 6. The molecule has 1 N–H and O–H groups in total. The van der Waals surface area contributed by atoms with Crippen molar-refractivity contribution in [3.05, 3.63) is 41.8 Å². The zero-order valence-corrected chi connectivity index (χ0v) is 25.5. The van der Waals surface area contributed by atoms with Crippen molar-refractivity contribution in [1.29, 1.82) is 0 Å². The number of nitrogens with zero attached hydrogens (tertiary/aromatic N) is 2. The maximum absolute atomic E-state index is 10.3. The van der Waals surface area contributed by atoms with Crippen LogP contribution in [0.15, 0.2) is 40.3 Å². The topological polar surface area (TPSA) is 77.6 Å². The summed E-state index contributed by atoms with van der Waals surface area (Å²) in [5.41, 5.74) is 3.15. The van der Waals surface area contributed by atoms with E-state index in [4.69, 9.17) is 13.9 Å². The van der Waals surface area contributed by atoms with Crippen LogP contribution in [0.5, 0.6) is 5.75 Å². The summed E-state index contributed by atoms with van der Waals surface area (Å²) in [6.07, 6.45) is 13.3. The van der Waals surface area contributed by atoms with Crippen LogP contribution >= 0.6 is 0 Å². The van der Waals surface area contributed by atoms with E-state index in [1.807, 2.05) is 24.3 Å². The van der Waals surface area contributed by atoms with Gasteiger partial charge in [-0.1, -0.05) is 39.3 Å². The number of benzene rings is 1. The van der Waals surface area contributed by atoms with E-state index in [9.17, 15) is 5.11 Å². The highest BCUT2D eigenvalue weighted by Crippen LogP contribution is 2.69. The molecule has 6 heteroatoms. The predicted molar refractivity (Wildman–Crippen MR) is 158 cm³/mol. The Morgan fingerprint density at radius 2 is 1.90 bits per heavy atom. The normalized spacial score (nSPS) is 42.0. The highest BCUT2D eigenvalue weighted by molar-refractivity contribution is 5.54. The number of ether oxygens (including phenoxy) is 2. The lowest BCUT2D eigenvalue weighted by atomic mass is 9.47. The quantitative estimate of drug-likeness (QED) is 0.367. The number of hydrogen-bond acceptors (Lipinski definition) is 6. The first-order chi connectivity index (χ1) is 19.7. The maximum atomic E-state index is 10.3. The molecular weight excluding hydrogens is 512 g/mol. The van der Waals surface area contributed by atoms with Crippen molar-refractivity contribution >= 4 is 0 Å². The number of aliphatic hydroxyl groups excluding tert-OH is 1. The summed E-state index contributed by atoms with van der Waals surface area (Å²) in [5, 5.41) is 19.1. The molecule has 0 amide bonds. The zero-order chi connectivity index (χ0) is 28.5. The fourth-order valence-electron chi connectivity index (χ4n) is 10.5. The van der Waals surface area contributed by atoms with Gasteiger partial charge in [0.05, 0.1) is 25.4 Å². The molecule has 7 rings (SSSR count). The van der Waals surface area contributed by atoms with Gasteiger partial charge < -0.3 is 19.0 Å². The van der Waals surface area contributed by atoms with Crippen LogP contribution in [0.3, 0.4) is 0 Å². The highest BCUT2D eigenvalue weighted by atomic mass is 16.5. The first kappa shape index (κ1) is 27.6. The Bertz CT molecular complexity index is 1290. The molecule has 2 aromatic rings. The van der Waals surface area contributed by atoms with E-state index in [1.54, 1.807) is 12.7 Å². The predicted octanol–water partition coefficient (Wildman–Crippen LogP) is 7.58. The molecule has 0 unspecified atom stereocenters. The highest BCUT2D eigenvalue weighted by Gasteiger charge is 2.64. The lowest BCUT2D eigenvalue weighted by molar-refractivity contribution is -0.0589. The number of fused-ring (bicyclic) bond motifs is 7. The second kappa shape index (κ2) is 10.2. The van der Waals surface area contributed by atoms with Gasteiger partial charge in [0, 0.05) is 11.5 Å². The van der Waals surface area contributed by atoms with Crippen LogP contribution in [0, 0.1) is 40.4 Å². The first-order valence-corrected chi connectivity index (χ1v) is 16.2. The Morgan fingerprint density at radius 1 is 1.10 bits per heavy atom. The molecule has 1 aliphatic heterocycles. The fraction of sp³-hybridized carbons (Fsp3) is 0.714. The van der Waals surface area contributed by atoms with Crippen LogP contribution in [0.2, 0.25) is 0 Å². The number of hydrogen-bond donors (Lipinski definition) is 1. The third-order valence-corrected chi connectivity index (χ3v) is 12.7. The number of aliphatic hydroxyl groups is 1. The average Bonchev–Trinajstić information content (AvgIpc) is 3.66. The van der Waals surface area contributed by atoms with Crippen molar-refractivity contribution in [3.8, 4) is 17.2 Å². The second-order valence-corrected chi connectivity index (χ2v) is 14.7. The van der Waals surface area contributed by atoms with Gasteiger partial charge >= 0.3 is 0 Å². The molecule has 6 nitrogen and oxygen atoms in total. The van der Waals surface area contributed by atoms with Gasteiger partial charge in [0.2, 0.25) is 11.8 Å². The Balaban J connectivity index is 0.998. The van der Waals surface area contributed by atoms with Crippen LogP contribution in [0.1, 0.15) is 97.3 Å². The van der Waals surface area contributed by atoms with Crippen LogP contribution < -0.4 is 4.74 Å². The summed E-state index contributed by atoms with van der Waals surface area (Å²) in [6, 6.07) is 7.74. The third kappa shape index (κ3) is 4.42. The standard InChI is InChI=1S/C35H48N2O4/c1-20(32-36-37-33(41-32)22-7-10-25(39-5)11-8-22)6-13-29-21(2)31-30(40-29)19-28-26-12-9-23-18-24(38)14-16-34(23,3)27(26)15-17-35(28,31)4/h7-11,20-21,24,26-31,38H,6,12-19H2,1-5H3/t20-,21-,24+,26-,27+,28+,29-,30+,31+,34+,35+/m1/s1. The van der Waals surface area contributed by atoms with Gasteiger partial charge in [-0.3, -0.25) is 0 Å². The van der Waals surface area contributed by atoms with Gasteiger partial charge in [-0.15, -0.1) is 10.2 Å². The molecule has 0 radical (unpaired) electrons. The smallest absolute Gasteiger partial charge is 0.247 e. The second-order valence-electron chi connectivity index (χ2n) is 14.7. The number of methoxy groups -OCH3 is 1. The van der Waals surface area contributed by atoms with Crippen LogP contribution in [0.25, 0.3) is 11.5 Å². The molecule has 5 aliphatic rings. The lowest BCUT2D eigenvalue weighted by Gasteiger charge is -2.58. The molecule has 3 saturated carbocycles. The van der Waals surface area contributed by atoms with Crippen molar-refractivity contribution < 1.29 is 19.0 Å². The van der Waals surface area contributed by atoms with Crippen LogP contribution in [0.4, 0.5) is 0 Å². The van der Waals surface area contributed by atoms with Crippen molar-refractivity contribution in [2.45, 2.75) is 110 Å². The first-order valence-electron chi connectivity index (χ1n) is 16.2. The van der Waals surface area contributed by atoms with E-state index in [0.29, 0.717) is 46.7 Å². The minimum absolute atomic E-state index is 0.130. The molecule has 222 valence electrons.